The fraction of sp³-hybridized carbons (Fsp3) is 0.118. The van der Waals surface area contributed by atoms with E-state index in [0.29, 0.717) is 0 Å². The summed E-state index contributed by atoms with van der Waals surface area (Å²) in [4.78, 5) is 22.5. The van der Waals surface area contributed by atoms with Crippen LogP contribution in [0.5, 0.6) is 0 Å². The molecule has 0 unspecified atom stereocenters. The number of aliphatic carboxylic acids is 1. The summed E-state index contributed by atoms with van der Waals surface area (Å²) in [5.41, 5.74) is 1.22. The highest BCUT2D eigenvalue weighted by atomic mass is 32.2. The van der Waals surface area contributed by atoms with Gasteiger partial charge >= 0.3 is 5.97 Å². The molecule has 0 atom stereocenters. The normalized spacial score (nSPS) is 11.2. The Morgan fingerprint density at radius 2 is 2.21 bits per heavy atom. The third-order valence-corrected chi connectivity index (χ3v) is 5.41. The van der Waals surface area contributed by atoms with Crippen LogP contribution in [0, 0.1) is 6.92 Å². The number of rotatable bonds is 6. The summed E-state index contributed by atoms with van der Waals surface area (Å²) in [6.45, 7) is 1.64. The van der Waals surface area contributed by atoms with E-state index < -0.39 is 12.6 Å². The summed E-state index contributed by atoms with van der Waals surface area (Å²) >= 11 is 3.21. The quantitative estimate of drug-likeness (QED) is 0.528. The van der Waals surface area contributed by atoms with Crippen LogP contribution in [0.4, 0.5) is 0 Å². The summed E-state index contributed by atoms with van der Waals surface area (Å²) in [6.07, 6.45) is 5.20. The van der Waals surface area contributed by atoms with Gasteiger partial charge in [0.05, 0.1) is 15.8 Å². The highest BCUT2D eigenvalue weighted by molar-refractivity contribution is 7.99. The van der Waals surface area contributed by atoms with Gasteiger partial charge in [-0.25, -0.2) is 4.79 Å². The monoisotopic (exact) mass is 358 g/mol. The van der Waals surface area contributed by atoms with Crippen LogP contribution in [0.3, 0.4) is 0 Å². The fourth-order valence-corrected chi connectivity index (χ4v) is 4.06. The van der Waals surface area contributed by atoms with Crippen LogP contribution in [0.25, 0.3) is 10.1 Å². The van der Waals surface area contributed by atoms with Crippen molar-refractivity contribution in [3.63, 3.8) is 0 Å². The molecule has 0 aliphatic heterocycles. The molecule has 1 aromatic carbocycles. The first kappa shape index (κ1) is 16.5. The number of fused-ring (bicyclic) bond motifs is 1. The van der Waals surface area contributed by atoms with E-state index in [1.807, 2.05) is 30.6 Å². The highest BCUT2D eigenvalue weighted by Gasteiger charge is 2.09. The highest BCUT2D eigenvalue weighted by Crippen LogP contribution is 2.37. The molecule has 1 N–H and O–H groups in total. The number of aryl methyl sites for hydroxylation is 1. The second-order valence-electron chi connectivity index (χ2n) is 4.97. The SMILES string of the molecule is Cc1ccccc1Sc1cncc2sc(C=NOCC(=O)O)cc12. The van der Waals surface area contributed by atoms with Crippen molar-refractivity contribution in [2.45, 2.75) is 16.7 Å². The minimum absolute atomic E-state index is 0.447. The zero-order valence-corrected chi connectivity index (χ0v) is 14.4. The molecule has 0 aliphatic carbocycles. The molecule has 122 valence electrons. The maximum Gasteiger partial charge on any atom is 0.344 e. The zero-order chi connectivity index (χ0) is 16.9. The standard InChI is InChI=1S/C17H14N2O3S2/c1-11-4-2-3-5-14(11)24-16-9-18-8-15-13(16)6-12(23-15)7-19-22-10-17(20)21/h2-9H,10H2,1H3,(H,20,21). The average Bonchev–Trinajstić information content (AvgIpc) is 2.97. The van der Waals surface area contributed by atoms with Gasteiger partial charge in [0, 0.05) is 27.6 Å². The van der Waals surface area contributed by atoms with E-state index in [2.05, 4.69) is 29.2 Å². The number of carboxylic acid groups (broad SMARTS) is 1. The Balaban J connectivity index is 1.85. The molecule has 0 radical (unpaired) electrons. The number of aromatic nitrogens is 1. The molecule has 3 rings (SSSR count). The van der Waals surface area contributed by atoms with E-state index in [-0.39, 0.29) is 0 Å². The van der Waals surface area contributed by atoms with Gasteiger partial charge in [-0.2, -0.15) is 0 Å². The molecule has 2 aromatic heterocycles. The molecule has 5 nitrogen and oxygen atoms in total. The molecule has 0 bridgehead atoms. The first-order valence-corrected chi connectivity index (χ1v) is 8.75. The summed E-state index contributed by atoms with van der Waals surface area (Å²) in [5, 5.41) is 13.3. The minimum atomic E-state index is -1.05. The summed E-state index contributed by atoms with van der Waals surface area (Å²) in [6, 6.07) is 10.2. The third kappa shape index (κ3) is 3.93. The smallest absolute Gasteiger partial charge is 0.344 e. The number of pyridine rings is 1. The lowest BCUT2D eigenvalue weighted by Gasteiger charge is -2.05. The van der Waals surface area contributed by atoms with Gasteiger partial charge in [0.25, 0.3) is 0 Å². The molecule has 0 fully saturated rings. The molecule has 2 heterocycles. The second-order valence-corrected chi connectivity index (χ2v) is 7.17. The largest absolute Gasteiger partial charge is 0.479 e. The second kappa shape index (κ2) is 7.46. The van der Waals surface area contributed by atoms with Crippen molar-refractivity contribution in [2.24, 2.45) is 5.16 Å². The Morgan fingerprint density at radius 3 is 3.00 bits per heavy atom. The number of oxime groups is 1. The van der Waals surface area contributed by atoms with Crippen LogP contribution in [-0.4, -0.2) is 28.9 Å². The molecular formula is C17H14N2O3S2. The number of benzene rings is 1. The number of thiophene rings is 1. The maximum atomic E-state index is 10.4. The first-order valence-electron chi connectivity index (χ1n) is 7.11. The minimum Gasteiger partial charge on any atom is -0.479 e. The molecule has 0 saturated carbocycles. The number of hydrogen-bond donors (Lipinski definition) is 1. The molecule has 7 heteroatoms. The van der Waals surface area contributed by atoms with E-state index in [0.717, 1.165) is 19.9 Å². The van der Waals surface area contributed by atoms with Crippen molar-refractivity contribution in [1.82, 2.24) is 4.98 Å². The Bertz CT molecular complexity index is 906. The van der Waals surface area contributed by atoms with Gasteiger partial charge in [-0.3, -0.25) is 4.98 Å². The first-order chi connectivity index (χ1) is 11.6. The molecule has 24 heavy (non-hydrogen) atoms. The maximum absolute atomic E-state index is 10.4. The van der Waals surface area contributed by atoms with E-state index in [9.17, 15) is 4.79 Å². The zero-order valence-electron chi connectivity index (χ0n) is 12.8. The van der Waals surface area contributed by atoms with Gasteiger partial charge < -0.3 is 9.94 Å². The van der Waals surface area contributed by atoms with Gasteiger partial charge in [0.1, 0.15) is 0 Å². The van der Waals surface area contributed by atoms with Crippen molar-refractivity contribution in [3.05, 3.63) is 53.2 Å². The Kier molecular flexibility index (Phi) is 5.12. The Morgan fingerprint density at radius 1 is 1.38 bits per heavy atom. The van der Waals surface area contributed by atoms with Crippen LogP contribution in [0.15, 0.2) is 57.7 Å². The number of hydrogen-bond acceptors (Lipinski definition) is 6. The lowest BCUT2D eigenvalue weighted by molar-refractivity contribution is -0.142. The lowest BCUT2D eigenvalue weighted by atomic mass is 10.2. The molecule has 0 aliphatic rings. The van der Waals surface area contributed by atoms with Crippen LogP contribution in [0.2, 0.25) is 0 Å². The van der Waals surface area contributed by atoms with Crippen molar-refractivity contribution in [1.29, 1.82) is 0 Å². The summed E-state index contributed by atoms with van der Waals surface area (Å²) < 4.78 is 1.05. The molecule has 0 saturated heterocycles. The third-order valence-electron chi connectivity index (χ3n) is 3.18. The molecule has 3 aromatic rings. The van der Waals surface area contributed by atoms with Crippen LogP contribution in [0.1, 0.15) is 10.4 Å². The molecule has 0 amide bonds. The van der Waals surface area contributed by atoms with E-state index in [1.165, 1.54) is 28.0 Å². The number of carbonyl (C=O) groups is 1. The summed E-state index contributed by atoms with van der Waals surface area (Å²) in [5.74, 6) is -1.05. The summed E-state index contributed by atoms with van der Waals surface area (Å²) in [7, 11) is 0. The van der Waals surface area contributed by atoms with Gasteiger partial charge in [0.2, 0.25) is 6.61 Å². The van der Waals surface area contributed by atoms with Gasteiger partial charge in [0.15, 0.2) is 0 Å². The lowest BCUT2D eigenvalue weighted by Crippen LogP contribution is -2.03. The Hall–Kier alpha value is -2.38. The predicted octanol–water partition coefficient (Wildman–Crippen LogP) is 4.19. The van der Waals surface area contributed by atoms with Crippen molar-refractivity contribution in [2.75, 3.05) is 6.61 Å². The van der Waals surface area contributed by atoms with E-state index >= 15 is 0 Å². The van der Waals surface area contributed by atoms with Crippen molar-refractivity contribution < 1.29 is 14.7 Å². The number of nitrogens with zero attached hydrogens (tertiary/aromatic N) is 2. The molecular weight excluding hydrogens is 344 g/mol. The van der Waals surface area contributed by atoms with Gasteiger partial charge in [-0.15, -0.1) is 11.3 Å². The predicted molar refractivity (Wildman–Crippen MR) is 96.1 cm³/mol. The van der Waals surface area contributed by atoms with Crippen LogP contribution >= 0.6 is 23.1 Å². The van der Waals surface area contributed by atoms with Crippen LogP contribution < -0.4 is 0 Å². The van der Waals surface area contributed by atoms with E-state index in [1.54, 1.807) is 11.8 Å². The van der Waals surface area contributed by atoms with Crippen LogP contribution in [-0.2, 0) is 9.63 Å². The topological polar surface area (TPSA) is 71.8 Å². The van der Waals surface area contributed by atoms with Gasteiger partial charge in [-0.1, -0.05) is 35.1 Å². The van der Waals surface area contributed by atoms with Crippen molar-refractivity contribution >= 4 is 45.4 Å². The Labute approximate surface area is 147 Å². The fourth-order valence-electron chi connectivity index (χ4n) is 2.07. The number of carboxylic acids is 1. The molecule has 0 spiro atoms. The van der Waals surface area contributed by atoms with Gasteiger partial charge in [-0.05, 0) is 24.6 Å². The van der Waals surface area contributed by atoms with E-state index in [4.69, 9.17) is 9.94 Å². The average molecular weight is 358 g/mol. The van der Waals surface area contributed by atoms with Crippen molar-refractivity contribution in [3.8, 4) is 0 Å².